The van der Waals surface area contributed by atoms with Gasteiger partial charge >= 0.3 is 5.97 Å². The average molecular weight is 323 g/mol. The number of amides is 1. The van der Waals surface area contributed by atoms with Crippen LogP contribution in [0.15, 0.2) is 28.7 Å². The standard InChI is InChI=1S/C15H17NO5S/c1-9-3-4-11(21-9)12-5-6-13(22-12)14(17)16-10(15(18)19)7-8-20-2/h3-6,10H,7-8H2,1-2H3,(H,16,17)(H,18,19). The summed E-state index contributed by atoms with van der Waals surface area (Å²) in [6, 6.07) is 6.15. The normalized spacial score (nSPS) is 12.1. The largest absolute Gasteiger partial charge is 0.480 e. The Morgan fingerprint density at radius 2 is 2.14 bits per heavy atom. The van der Waals surface area contributed by atoms with Crippen LogP contribution in [0.5, 0.6) is 0 Å². The molecule has 2 rings (SSSR count). The minimum Gasteiger partial charge on any atom is -0.480 e. The first kappa shape index (κ1) is 16.3. The predicted molar refractivity (Wildman–Crippen MR) is 82.1 cm³/mol. The molecule has 6 nitrogen and oxygen atoms in total. The van der Waals surface area contributed by atoms with E-state index in [9.17, 15) is 9.59 Å². The maximum absolute atomic E-state index is 12.1. The van der Waals surface area contributed by atoms with E-state index < -0.39 is 17.9 Å². The molecule has 2 heterocycles. The molecule has 1 amide bonds. The van der Waals surface area contributed by atoms with Gasteiger partial charge in [-0.1, -0.05) is 0 Å². The van der Waals surface area contributed by atoms with Crippen LogP contribution in [0.4, 0.5) is 0 Å². The van der Waals surface area contributed by atoms with Gasteiger partial charge in [-0.05, 0) is 31.2 Å². The van der Waals surface area contributed by atoms with Gasteiger partial charge in [0.2, 0.25) is 0 Å². The van der Waals surface area contributed by atoms with E-state index in [0.29, 0.717) is 10.6 Å². The van der Waals surface area contributed by atoms with Gasteiger partial charge in [-0.2, -0.15) is 0 Å². The number of nitrogens with one attached hydrogen (secondary N) is 1. The van der Waals surface area contributed by atoms with Crippen molar-refractivity contribution in [1.82, 2.24) is 5.32 Å². The van der Waals surface area contributed by atoms with Crippen LogP contribution < -0.4 is 5.32 Å². The van der Waals surface area contributed by atoms with E-state index in [0.717, 1.165) is 10.6 Å². The summed E-state index contributed by atoms with van der Waals surface area (Å²) in [5, 5.41) is 11.6. The lowest BCUT2D eigenvalue weighted by Gasteiger charge is -2.13. The van der Waals surface area contributed by atoms with Crippen LogP contribution in [0.3, 0.4) is 0 Å². The number of hydrogen-bond acceptors (Lipinski definition) is 5. The fraction of sp³-hybridized carbons (Fsp3) is 0.333. The molecule has 0 bridgehead atoms. The van der Waals surface area contributed by atoms with Crippen LogP contribution in [-0.4, -0.2) is 36.7 Å². The fourth-order valence-corrected chi connectivity index (χ4v) is 2.75. The first-order chi connectivity index (χ1) is 10.5. The van der Waals surface area contributed by atoms with Crippen LogP contribution in [0.2, 0.25) is 0 Å². The van der Waals surface area contributed by atoms with Crippen molar-refractivity contribution in [3.05, 3.63) is 34.9 Å². The average Bonchev–Trinajstić information content (AvgIpc) is 3.11. The highest BCUT2D eigenvalue weighted by Crippen LogP contribution is 2.29. The highest BCUT2D eigenvalue weighted by atomic mass is 32.1. The van der Waals surface area contributed by atoms with Gasteiger partial charge in [0.05, 0.1) is 9.75 Å². The predicted octanol–water partition coefficient (Wildman–Crippen LogP) is 2.54. The number of furan rings is 1. The molecule has 0 saturated carbocycles. The van der Waals surface area contributed by atoms with Crippen LogP contribution >= 0.6 is 11.3 Å². The molecule has 22 heavy (non-hydrogen) atoms. The smallest absolute Gasteiger partial charge is 0.326 e. The number of rotatable bonds is 7. The number of carbonyl (C=O) groups excluding carboxylic acids is 1. The van der Waals surface area contributed by atoms with Gasteiger partial charge in [0.1, 0.15) is 17.6 Å². The lowest BCUT2D eigenvalue weighted by molar-refractivity contribution is -0.139. The number of methoxy groups -OCH3 is 1. The Balaban J connectivity index is 2.06. The lowest BCUT2D eigenvalue weighted by atomic mass is 10.2. The SMILES string of the molecule is COCCC(NC(=O)c1ccc(-c2ccc(C)o2)s1)C(=O)O. The summed E-state index contributed by atoms with van der Waals surface area (Å²) >= 11 is 1.25. The molecule has 0 aliphatic rings. The molecule has 0 spiro atoms. The molecule has 0 aromatic carbocycles. The Morgan fingerprint density at radius 3 is 2.73 bits per heavy atom. The number of thiophene rings is 1. The minimum absolute atomic E-state index is 0.215. The third kappa shape index (κ3) is 3.96. The number of aryl methyl sites for hydroxylation is 1. The number of aliphatic carboxylic acids is 1. The zero-order valence-corrected chi connectivity index (χ0v) is 13.1. The van der Waals surface area contributed by atoms with E-state index in [1.54, 1.807) is 12.1 Å². The molecule has 0 fully saturated rings. The van der Waals surface area contributed by atoms with Crippen molar-refractivity contribution in [3.8, 4) is 10.6 Å². The Kier molecular flexibility index (Phi) is 5.35. The van der Waals surface area contributed by atoms with Crippen LogP contribution in [0.1, 0.15) is 21.9 Å². The zero-order chi connectivity index (χ0) is 16.1. The van der Waals surface area contributed by atoms with Gasteiger partial charge in [-0.15, -0.1) is 11.3 Å². The van der Waals surface area contributed by atoms with Crippen LogP contribution in [0.25, 0.3) is 10.6 Å². The molecule has 7 heteroatoms. The Hall–Kier alpha value is -2.12. The molecular weight excluding hydrogens is 306 g/mol. The Labute approximate surface area is 131 Å². The van der Waals surface area contributed by atoms with Crippen molar-refractivity contribution in [2.75, 3.05) is 13.7 Å². The van der Waals surface area contributed by atoms with Gasteiger partial charge in [-0.3, -0.25) is 4.79 Å². The second kappa shape index (κ2) is 7.24. The summed E-state index contributed by atoms with van der Waals surface area (Å²) in [5.41, 5.74) is 0. The van der Waals surface area contributed by atoms with Gasteiger partial charge in [0.25, 0.3) is 5.91 Å². The molecule has 2 N–H and O–H groups in total. The van der Waals surface area contributed by atoms with Crippen molar-refractivity contribution in [3.63, 3.8) is 0 Å². The van der Waals surface area contributed by atoms with Crippen LogP contribution in [-0.2, 0) is 9.53 Å². The first-order valence-corrected chi connectivity index (χ1v) is 7.52. The highest BCUT2D eigenvalue weighted by molar-refractivity contribution is 7.17. The lowest BCUT2D eigenvalue weighted by Crippen LogP contribution is -2.41. The summed E-state index contributed by atoms with van der Waals surface area (Å²) in [6.45, 7) is 2.11. The fourth-order valence-electron chi connectivity index (χ4n) is 1.88. The van der Waals surface area contributed by atoms with E-state index >= 15 is 0 Å². The van der Waals surface area contributed by atoms with Gasteiger partial charge in [-0.25, -0.2) is 4.79 Å². The maximum atomic E-state index is 12.1. The molecule has 0 aliphatic heterocycles. The molecule has 0 aliphatic carbocycles. The minimum atomic E-state index is -1.08. The van der Waals surface area contributed by atoms with E-state index in [1.165, 1.54) is 18.4 Å². The molecule has 2 aromatic rings. The summed E-state index contributed by atoms with van der Waals surface area (Å²) in [4.78, 5) is 24.5. The van der Waals surface area contributed by atoms with E-state index in [1.807, 2.05) is 19.1 Å². The molecule has 0 radical (unpaired) electrons. The molecule has 2 aromatic heterocycles. The van der Waals surface area contributed by atoms with Gasteiger partial charge < -0.3 is 19.6 Å². The van der Waals surface area contributed by atoms with Gasteiger partial charge in [0.15, 0.2) is 0 Å². The molecule has 0 saturated heterocycles. The summed E-state index contributed by atoms with van der Waals surface area (Å²) < 4.78 is 10.4. The second-order valence-corrected chi connectivity index (χ2v) is 5.80. The van der Waals surface area contributed by atoms with Gasteiger partial charge in [0, 0.05) is 20.1 Å². The molecular formula is C15H17NO5S. The molecule has 1 unspecified atom stereocenters. The number of hydrogen-bond donors (Lipinski definition) is 2. The summed E-state index contributed by atoms with van der Waals surface area (Å²) in [5.74, 6) is -0.0116. The summed E-state index contributed by atoms with van der Waals surface area (Å²) in [7, 11) is 1.48. The number of ether oxygens (including phenoxy) is 1. The third-order valence-electron chi connectivity index (χ3n) is 3.03. The van der Waals surface area contributed by atoms with E-state index in [2.05, 4.69) is 5.32 Å². The molecule has 118 valence electrons. The van der Waals surface area contributed by atoms with Crippen molar-refractivity contribution in [1.29, 1.82) is 0 Å². The van der Waals surface area contributed by atoms with E-state index in [-0.39, 0.29) is 13.0 Å². The quantitative estimate of drug-likeness (QED) is 0.817. The van der Waals surface area contributed by atoms with Crippen LogP contribution in [0, 0.1) is 6.92 Å². The first-order valence-electron chi connectivity index (χ1n) is 6.70. The Morgan fingerprint density at radius 1 is 1.36 bits per heavy atom. The summed E-state index contributed by atoms with van der Waals surface area (Å²) in [6.07, 6.45) is 0.215. The van der Waals surface area contributed by atoms with Crippen molar-refractivity contribution in [2.45, 2.75) is 19.4 Å². The topological polar surface area (TPSA) is 88.8 Å². The number of carboxylic acid groups (broad SMARTS) is 1. The van der Waals surface area contributed by atoms with Crippen molar-refractivity contribution in [2.24, 2.45) is 0 Å². The highest BCUT2D eigenvalue weighted by Gasteiger charge is 2.21. The van der Waals surface area contributed by atoms with Crippen molar-refractivity contribution >= 4 is 23.2 Å². The third-order valence-corrected chi connectivity index (χ3v) is 4.13. The second-order valence-electron chi connectivity index (χ2n) is 4.72. The van der Waals surface area contributed by atoms with E-state index in [4.69, 9.17) is 14.3 Å². The number of carbonyl (C=O) groups is 2. The monoisotopic (exact) mass is 323 g/mol. The zero-order valence-electron chi connectivity index (χ0n) is 12.3. The van der Waals surface area contributed by atoms with Crippen molar-refractivity contribution < 1.29 is 23.8 Å². The Bertz CT molecular complexity index is 660. The number of carboxylic acids is 1. The molecule has 1 atom stereocenters. The maximum Gasteiger partial charge on any atom is 0.326 e.